The zero-order chi connectivity index (χ0) is 9.97. The Morgan fingerprint density at radius 1 is 1.07 bits per heavy atom. The van der Waals surface area contributed by atoms with E-state index in [4.69, 9.17) is 11.6 Å². The lowest BCUT2D eigenvalue weighted by atomic mass is 10.1. The molecule has 14 heavy (non-hydrogen) atoms. The van der Waals surface area contributed by atoms with Crippen molar-refractivity contribution in [3.63, 3.8) is 0 Å². The first-order valence-corrected chi connectivity index (χ1v) is 6.32. The predicted octanol–water partition coefficient (Wildman–Crippen LogP) is 4.89. The molecule has 0 N–H and O–H groups in total. The van der Waals surface area contributed by atoms with Crippen LogP contribution in [0.1, 0.15) is 15.3 Å². The highest BCUT2D eigenvalue weighted by molar-refractivity contribution is 9.09. The van der Waals surface area contributed by atoms with Gasteiger partial charge in [0.05, 0.1) is 9.16 Å². The van der Waals surface area contributed by atoms with E-state index in [1.54, 1.807) is 11.3 Å². The van der Waals surface area contributed by atoms with E-state index in [1.165, 1.54) is 10.4 Å². The van der Waals surface area contributed by atoms with Crippen LogP contribution in [0.3, 0.4) is 0 Å². The number of hydrogen-bond donors (Lipinski definition) is 0. The summed E-state index contributed by atoms with van der Waals surface area (Å²) in [7, 11) is 0. The quantitative estimate of drug-likeness (QED) is 0.690. The summed E-state index contributed by atoms with van der Waals surface area (Å²) >= 11 is 11.2. The van der Waals surface area contributed by atoms with E-state index in [9.17, 15) is 0 Å². The molecule has 1 aromatic heterocycles. The molecular weight excluding hydrogens is 280 g/mol. The molecule has 0 saturated heterocycles. The highest BCUT2D eigenvalue weighted by Gasteiger charge is 2.11. The first-order valence-electron chi connectivity index (χ1n) is 4.21. The van der Waals surface area contributed by atoms with Crippen LogP contribution in [0, 0.1) is 0 Å². The fraction of sp³-hybridized carbons (Fsp3) is 0.0909. The van der Waals surface area contributed by atoms with Crippen LogP contribution in [-0.4, -0.2) is 0 Å². The number of rotatable bonds is 2. The van der Waals surface area contributed by atoms with Crippen LogP contribution in [0.2, 0.25) is 4.34 Å². The highest BCUT2D eigenvalue weighted by Crippen LogP contribution is 2.36. The van der Waals surface area contributed by atoms with E-state index in [2.05, 4.69) is 34.1 Å². The van der Waals surface area contributed by atoms with E-state index in [0.717, 1.165) is 4.34 Å². The Labute approximate surface area is 101 Å². The van der Waals surface area contributed by atoms with Crippen LogP contribution in [0.15, 0.2) is 42.5 Å². The summed E-state index contributed by atoms with van der Waals surface area (Å²) in [6, 6.07) is 14.3. The van der Waals surface area contributed by atoms with Gasteiger partial charge in [-0.2, -0.15) is 0 Å². The summed E-state index contributed by atoms with van der Waals surface area (Å²) in [6.07, 6.45) is 0. The van der Waals surface area contributed by atoms with Crippen molar-refractivity contribution in [3.05, 3.63) is 57.2 Å². The molecule has 0 spiro atoms. The van der Waals surface area contributed by atoms with E-state index in [-0.39, 0.29) is 4.83 Å². The van der Waals surface area contributed by atoms with Crippen molar-refractivity contribution in [3.8, 4) is 0 Å². The minimum Gasteiger partial charge on any atom is -0.127 e. The highest BCUT2D eigenvalue weighted by atomic mass is 79.9. The lowest BCUT2D eigenvalue weighted by Crippen LogP contribution is -1.87. The topological polar surface area (TPSA) is 0 Å². The van der Waals surface area contributed by atoms with Gasteiger partial charge in [0.2, 0.25) is 0 Å². The molecule has 0 aliphatic heterocycles. The van der Waals surface area contributed by atoms with Gasteiger partial charge in [0, 0.05) is 4.88 Å². The maximum absolute atomic E-state index is 5.89. The predicted molar refractivity (Wildman–Crippen MR) is 66.5 cm³/mol. The third-order valence-electron chi connectivity index (χ3n) is 1.94. The maximum Gasteiger partial charge on any atom is 0.0931 e. The van der Waals surface area contributed by atoms with Crippen molar-refractivity contribution in [2.24, 2.45) is 0 Å². The van der Waals surface area contributed by atoms with E-state index in [0.29, 0.717) is 0 Å². The molecule has 1 atom stereocenters. The standard InChI is InChI=1S/C11H8BrClS/c12-11(8-4-2-1-3-5-8)9-6-7-10(13)14-9/h1-7,11H. The molecule has 0 bridgehead atoms. The molecule has 2 rings (SSSR count). The molecule has 1 aromatic carbocycles. The van der Waals surface area contributed by atoms with Crippen LogP contribution in [0.25, 0.3) is 0 Å². The van der Waals surface area contributed by atoms with Gasteiger partial charge in [-0.05, 0) is 17.7 Å². The third kappa shape index (κ3) is 2.19. The minimum absolute atomic E-state index is 0.251. The summed E-state index contributed by atoms with van der Waals surface area (Å²) < 4.78 is 0.834. The van der Waals surface area contributed by atoms with Crippen LogP contribution in [0.4, 0.5) is 0 Å². The number of thiophene rings is 1. The Morgan fingerprint density at radius 3 is 2.36 bits per heavy atom. The second-order valence-electron chi connectivity index (χ2n) is 2.92. The van der Waals surface area contributed by atoms with Crippen molar-refractivity contribution >= 4 is 38.9 Å². The Bertz CT molecular complexity index is 410. The van der Waals surface area contributed by atoms with E-state index >= 15 is 0 Å². The molecule has 0 aliphatic rings. The lowest BCUT2D eigenvalue weighted by molar-refractivity contribution is 1.23. The van der Waals surface area contributed by atoms with Crippen molar-refractivity contribution in [2.75, 3.05) is 0 Å². The van der Waals surface area contributed by atoms with Gasteiger partial charge >= 0.3 is 0 Å². The Kier molecular flexibility index (Phi) is 3.26. The average molecular weight is 288 g/mol. The van der Waals surface area contributed by atoms with Crippen LogP contribution >= 0.6 is 38.9 Å². The summed E-state index contributed by atoms with van der Waals surface area (Å²) in [6.45, 7) is 0. The van der Waals surface area contributed by atoms with Gasteiger partial charge in [-0.15, -0.1) is 11.3 Å². The summed E-state index contributed by atoms with van der Waals surface area (Å²) in [5.74, 6) is 0. The molecule has 0 saturated carbocycles. The van der Waals surface area contributed by atoms with Crippen molar-refractivity contribution in [2.45, 2.75) is 4.83 Å². The first kappa shape index (κ1) is 10.2. The van der Waals surface area contributed by atoms with Gasteiger partial charge in [0.1, 0.15) is 0 Å². The average Bonchev–Trinajstić information content (AvgIpc) is 2.65. The smallest absolute Gasteiger partial charge is 0.0931 e. The number of hydrogen-bond acceptors (Lipinski definition) is 1. The van der Waals surface area contributed by atoms with E-state index < -0.39 is 0 Å². The van der Waals surface area contributed by atoms with Crippen LogP contribution in [0.5, 0.6) is 0 Å². The zero-order valence-corrected chi connectivity index (χ0v) is 10.4. The summed E-state index contributed by atoms with van der Waals surface area (Å²) in [4.78, 5) is 1.49. The van der Waals surface area contributed by atoms with Crippen molar-refractivity contribution < 1.29 is 0 Å². The van der Waals surface area contributed by atoms with Gasteiger partial charge in [-0.3, -0.25) is 0 Å². The number of alkyl halides is 1. The molecule has 1 heterocycles. The monoisotopic (exact) mass is 286 g/mol. The van der Waals surface area contributed by atoms with Gasteiger partial charge in [0.15, 0.2) is 0 Å². The molecular formula is C11H8BrClS. The second kappa shape index (κ2) is 4.47. The minimum atomic E-state index is 0.251. The fourth-order valence-electron chi connectivity index (χ4n) is 1.25. The number of halogens is 2. The maximum atomic E-state index is 5.89. The summed E-state index contributed by atoms with van der Waals surface area (Å²) in [5, 5.41) is 0. The third-order valence-corrected chi connectivity index (χ3v) is 4.56. The van der Waals surface area contributed by atoms with Crippen LogP contribution in [-0.2, 0) is 0 Å². The van der Waals surface area contributed by atoms with E-state index in [1.807, 2.05) is 24.3 Å². The Hall–Kier alpha value is -0.310. The molecule has 1 unspecified atom stereocenters. The fourth-order valence-corrected chi connectivity index (χ4v) is 3.06. The molecule has 0 aliphatic carbocycles. The molecule has 2 aromatic rings. The van der Waals surface area contributed by atoms with Gasteiger partial charge in [0.25, 0.3) is 0 Å². The van der Waals surface area contributed by atoms with Crippen molar-refractivity contribution in [1.29, 1.82) is 0 Å². The zero-order valence-electron chi connectivity index (χ0n) is 7.28. The second-order valence-corrected chi connectivity index (χ2v) is 5.58. The van der Waals surface area contributed by atoms with Crippen LogP contribution < -0.4 is 0 Å². The molecule has 0 radical (unpaired) electrons. The van der Waals surface area contributed by atoms with Gasteiger partial charge < -0.3 is 0 Å². The van der Waals surface area contributed by atoms with Crippen molar-refractivity contribution in [1.82, 2.24) is 0 Å². The molecule has 0 nitrogen and oxygen atoms in total. The molecule has 0 amide bonds. The Morgan fingerprint density at radius 2 is 1.79 bits per heavy atom. The molecule has 72 valence electrons. The lowest BCUT2D eigenvalue weighted by Gasteiger charge is -2.06. The first-order chi connectivity index (χ1) is 6.77. The summed E-state index contributed by atoms with van der Waals surface area (Å²) in [5.41, 5.74) is 1.26. The molecule has 3 heteroatoms. The van der Waals surface area contributed by atoms with Gasteiger partial charge in [-0.25, -0.2) is 0 Å². The van der Waals surface area contributed by atoms with Gasteiger partial charge in [-0.1, -0.05) is 57.9 Å². The normalized spacial score (nSPS) is 12.7. The largest absolute Gasteiger partial charge is 0.127 e. The SMILES string of the molecule is Clc1ccc(C(Br)c2ccccc2)s1. The Balaban J connectivity index is 2.29. The number of benzene rings is 1. The molecule has 0 fully saturated rings.